The maximum Gasteiger partial charge on any atom is 0.307 e. The number of amides is 1. The van der Waals surface area contributed by atoms with Gasteiger partial charge < -0.3 is 10.1 Å². The summed E-state index contributed by atoms with van der Waals surface area (Å²) in [6, 6.07) is 12.7. The van der Waals surface area contributed by atoms with Gasteiger partial charge in [0.1, 0.15) is 10.7 Å². The van der Waals surface area contributed by atoms with Crippen LogP contribution in [0.5, 0.6) is 0 Å². The first-order valence-electron chi connectivity index (χ1n) is 8.38. The van der Waals surface area contributed by atoms with Crippen LogP contribution in [-0.4, -0.2) is 29.0 Å². The Morgan fingerprint density at radius 3 is 2.63 bits per heavy atom. The number of aromatic nitrogens is 2. The van der Waals surface area contributed by atoms with E-state index >= 15 is 0 Å². The Labute approximate surface area is 161 Å². The Morgan fingerprint density at radius 2 is 1.96 bits per heavy atom. The van der Waals surface area contributed by atoms with E-state index in [1.165, 1.54) is 18.4 Å². The first-order valence-corrected chi connectivity index (χ1v) is 9.26. The molecule has 2 heterocycles. The highest BCUT2D eigenvalue weighted by atomic mass is 32.1. The monoisotopic (exact) mass is 381 g/mol. The van der Waals surface area contributed by atoms with Crippen LogP contribution in [0.25, 0.3) is 10.7 Å². The first-order chi connectivity index (χ1) is 13.1. The van der Waals surface area contributed by atoms with Crippen LogP contribution in [0.1, 0.15) is 34.1 Å². The van der Waals surface area contributed by atoms with Crippen LogP contribution in [0.4, 0.5) is 0 Å². The van der Waals surface area contributed by atoms with Crippen molar-refractivity contribution in [1.82, 2.24) is 15.3 Å². The number of nitrogens with zero attached hydrogens (tertiary/aromatic N) is 2. The molecule has 3 aromatic rings. The van der Waals surface area contributed by atoms with Crippen molar-refractivity contribution in [2.75, 3.05) is 7.11 Å². The van der Waals surface area contributed by atoms with Gasteiger partial charge in [0.25, 0.3) is 5.91 Å². The van der Waals surface area contributed by atoms with E-state index < -0.39 is 12.0 Å². The van der Waals surface area contributed by atoms with Gasteiger partial charge in [-0.25, -0.2) is 4.98 Å². The van der Waals surface area contributed by atoms with Crippen molar-refractivity contribution in [2.24, 2.45) is 0 Å². The van der Waals surface area contributed by atoms with Crippen LogP contribution >= 0.6 is 11.3 Å². The zero-order chi connectivity index (χ0) is 19.2. The van der Waals surface area contributed by atoms with Crippen molar-refractivity contribution in [3.8, 4) is 10.7 Å². The predicted molar refractivity (Wildman–Crippen MR) is 103 cm³/mol. The molecule has 0 aliphatic heterocycles. The second-order valence-electron chi connectivity index (χ2n) is 5.97. The largest absolute Gasteiger partial charge is 0.469 e. The number of pyridine rings is 1. The summed E-state index contributed by atoms with van der Waals surface area (Å²) < 4.78 is 4.76. The lowest BCUT2D eigenvalue weighted by molar-refractivity contribution is -0.141. The van der Waals surface area contributed by atoms with Gasteiger partial charge >= 0.3 is 5.97 Å². The SMILES string of the molecule is COC(=O)C[C@H](NC(=O)c1csc(-c2ccccn2)n1)c1ccc(C)cc1. The van der Waals surface area contributed by atoms with E-state index in [0.29, 0.717) is 16.4 Å². The quantitative estimate of drug-likeness (QED) is 0.661. The van der Waals surface area contributed by atoms with Gasteiger partial charge in [0.15, 0.2) is 0 Å². The third kappa shape index (κ3) is 4.77. The minimum absolute atomic E-state index is 0.0442. The van der Waals surface area contributed by atoms with E-state index in [1.54, 1.807) is 11.6 Å². The third-order valence-corrected chi connectivity index (χ3v) is 4.87. The minimum Gasteiger partial charge on any atom is -0.469 e. The molecule has 6 nitrogen and oxygen atoms in total. The van der Waals surface area contributed by atoms with Crippen molar-refractivity contribution in [1.29, 1.82) is 0 Å². The molecule has 0 aliphatic rings. The molecule has 3 rings (SSSR count). The number of ether oxygens (including phenoxy) is 1. The molecular weight excluding hydrogens is 362 g/mol. The fourth-order valence-corrected chi connectivity index (χ4v) is 3.29. The number of hydrogen-bond acceptors (Lipinski definition) is 6. The minimum atomic E-state index is -0.495. The fraction of sp³-hybridized carbons (Fsp3) is 0.200. The number of benzene rings is 1. The molecule has 0 bridgehead atoms. The molecule has 0 radical (unpaired) electrons. The van der Waals surface area contributed by atoms with Gasteiger partial charge in [0.2, 0.25) is 0 Å². The second kappa shape index (κ2) is 8.55. The molecule has 0 saturated carbocycles. The first kappa shape index (κ1) is 18.7. The molecule has 7 heteroatoms. The molecule has 1 amide bonds. The molecule has 27 heavy (non-hydrogen) atoms. The Balaban J connectivity index is 1.79. The van der Waals surface area contributed by atoms with Crippen molar-refractivity contribution in [2.45, 2.75) is 19.4 Å². The Bertz CT molecular complexity index is 923. The number of esters is 1. The van der Waals surface area contributed by atoms with Crippen molar-refractivity contribution in [3.63, 3.8) is 0 Å². The van der Waals surface area contributed by atoms with Crippen LogP contribution in [0.2, 0.25) is 0 Å². The summed E-state index contributed by atoms with van der Waals surface area (Å²) in [7, 11) is 1.33. The number of carbonyl (C=O) groups is 2. The molecule has 0 saturated heterocycles. The average Bonchev–Trinajstić information content (AvgIpc) is 3.19. The van der Waals surface area contributed by atoms with Gasteiger partial charge in [-0.3, -0.25) is 14.6 Å². The number of nitrogens with one attached hydrogen (secondary N) is 1. The number of rotatable bonds is 6. The predicted octanol–water partition coefficient (Wildman–Crippen LogP) is 3.55. The van der Waals surface area contributed by atoms with Gasteiger partial charge in [0.05, 0.1) is 25.3 Å². The van der Waals surface area contributed by atoms with E-state index in [4.69, 9.17) is 4.74 Å². The summed E-state index contributed by atoms with van der Waals surface area (Å²) in [6.45, 7) is 1.98. The number of carbonyl (C=O) groups excluding carboxylic acids is 2. The highest BCUT2D eigenvalue weighted by Crippen LogP contribution is 2.23. The highest BCUT2D eigenvalue weighted by Gasteiger charge is 2.21. The highest BCUT2D eigenvalue weighted by molar-refractivity contribution is 7.13. The summed E-state index contributed by atoms with van der Waals surface area (Å²) in [6.07, 6.45) is 1.72. The topological polar surface area (TPSA) is 81.2 Å². The van der Waals surface area contributed by atoms with Crippen LogP contribution in [0.3, 0.4) is 0 Å². The van der Waals surface area contributed by atoms with Crippen LogP contribution < -0.4 is 5.32 Å². The number of methoxy groups -OCH3 is 1. The van der Waals surface area contributed by atoms with E-state index in [9.17, 15) is 9.59 Å². The Hall–Kier alpha value is -3.06. The molecule has 2 aromatic heterocycles. The number of hydrogen-bond donors (Lipinski definition) is 1. The Kier molecular flexibility index (Phi) is 5.93. The van der Waals surface area contributed by atoms with Gasteiger partial charge in [0, 0.05) is 11.6 Å². The molecule has 0 unspecified atom stereocenters. The summed E-state index contributed by atoms with van der Waals surface area (Å²) >= 11 is 1.35. The van der Waals surface area contributed by atoms with E-state index in [2.05, 4.69) is 15.3 Å². The molecule has 138 valence electrons. The maximum atomic E-state index is 12.7. The zero-order valence-electron chi connectivity index (χ0n) is 15.0. The van der Waals surface area contributed by atoms with Crippen molar-refractivity contribution in [3.05, 3.63) is 70.9 Å². The van der Waals surface area contributed by atoms with Crippen molar-refractivity contribution < 1.29 is 14.3 Å². The lowest BCUT2D eigenvalue weighted by atomic mass is 10.0. The molecule has 0 fully saturated rings. The molecule has 1 N–H and O–H groups in total. The molecule has 0 spiro atoms. The van der Waals surface area contributed by atoms with Crippen molar-refractivity contribution >= 4 is 23.2 Å². The van der Waals surface area contributed by atoms with Gasteiger partial charge in [-0.15, -0.1) is 11.3 Å². The maximum absolute atomic E-state index is 12.7. The van der Waals surface area contributed by atoms with Gasteiger partial charge in [-0.1, -0.05) is 35.9 Å². The molecular formula is C20H19N3O3S. The average molecular weight is 381 g/mol. The van der Waals surface area contributed by atoms with Gasteiger partial charge in [-0.2, -0.15) is 0 Å². The zero-order valence-corrected chi connectivity index (χ0v) is 15.8. The van der Waals surface area contributed by atoms with E-state index in [1.807, 2.05) is 49.4 Å². The number of thiazole rings is 1. The summed E-state index contributed by atoms with van der Waals surface area (Å²) in [5.41, 5.74) is 2.94. The molecule has 0 aliphatic carbocycles. The van der Waals surface area contributed by atoms with Crippen LogP contribution in [0, 0.1) is 6.92 Å². The fourth-order valence-electron chi connectivity index (χ4n) is 2.52. The third-order valence-electron chi connectivity index (χ3n) is 4.00. The van der Waals surface area contributed by atoms with Gasteiger partial charge in [-0.05, 0) is 24.6 Å². The summed E-state index contributed by atoms with van der Waals surface area (Å²) in [5.74, 6) is -0.740. The lowest BCUT2D eigenvalue weighted by Crippen LogP contribution is -2.30. The van der Waals surface area contributed by atoms with E-state index in [0.717, 1.165) is 11.1 Å². The lowest BCUT2D eigenvalue weighted by Gasteiger charge is -2.18. The number of aryl methyl sites for hydroxylation is 1. The summed E-state index contributed by atoms with van der Waals surface area (Å²) in [4.78, 5) is 33.1. The Morgan fingerprint density at radius 1 is 1.19 bits per heavy atom. The molecule has 1 aromatic carbocycles. The second-order valence-corrected chi connectivity index (χ2v) is 6.83. The van der Waals surface area contributed by atoms with Crippen LogP contribution in [0.15, 0.2) is 54.0 Å². The normalized spacial score (nSPS) is 11.6. The van der Waals surface area contributed by atoms with Crippen LogP contribution in [-0.2, 0) is 9.53 Å². The van der Waals surface area contributed by atoms with E-state index in [-0.39, 0.29) is 12.3 Å². The molecule has 1 atom stereocenters. The summed E-state index contributed by atoms with van der Waals surface area (Å²) in [5, 5.41) is 5.23. The standard InChI is InChI=1S/C20H19N3O3S/c1-13-6-8-14(9-7-13)16(11-18(24)26-2)22-19(25)17-12-27-20(23-17)15-5-3-4-10-21-15/h3-10,12,16H,11H2,1-2H3,(H,22,25)/t16-/m0/s1. The smallest absolute Gasteiger partial charge is 0.307 e.